The number of ketones is 1. The smallest absolute Gasteiger partial charge is 0.251 e. The number of furan rings is 1. The average Bonchev–Trinajstić information content (AvgIpc) is 3.53. The second-order valence-electron chi connectivity index (χ2n) is 9.25. The fourth-order valence-corrected chi connectivity index (χ4v) is 3.84. The van der Waals surface area contributed by atoms with Gasteiger partial charge in [0.25, 0.3) is 5.91 Å². The number of carbonyl (C=O) groups is 3. The highest BCUT2D eigenvalue weighted by Gasteiger charge is 2.37. The molecule has 0 spiro atoms. The molecular formula is C27H29N5O4. The standard InChI is InChI=1S/C27H29N5O4/c1-5-27(3,4)28-26(35)25(23-11-8-16-36-23)32(20-14-12-19(13-15-20)18(2)33)24(34)17-31-22-10-7-6-9-21(22)29-30-31/h6-16,25H,5,17H2,1-4H3,(H,28,35)/t25-/m0/s1. The van der Waals surface area contributed by atoms with Gasteiger partial charge in [-0.3, -0.25) is 19.3 Å². The molecule has 4 aromatic rings. The number of anilines is 1. The summed E-state index contributed by atoms with van der Waals surface area (Å²) in [5.74, 6) is -0.568. The first-order valence-electron chi connectivity index (χ1n) is 11.8. The SMILES string of the molecule is CCC(C)(C)NC(=O)[C@H](c1ccco1)N(C(=O)Cn1nnc2ccccc21)c1ccc(C(C)=O)cc1. The maximum Gasteiger partial charge on any atom is 0.251 e. The van der Waals surface area contributed by atoms with Crippen LogP contribution < -0.4 is 10.2 Å². The molecule has 2 aromatic carbocycles. The van der Waals surface area contributed by atoms with Crippen LogP contribution in [0, 0.1) is 0 Å². The number of fused-ring (bicyclic) bond motifs is 1. The molecule has 186 valence electrons. The van der Waals surface area contributed by atoms with E-state index in [9.17, 15) is 14.4 Å². The second-order valence-corrected chi connectivity index (χ2v) is 9.25. The molecule has 0 aliphatic rings. The molecule has 9 heteroatoms. The van der Waals surface area contributed by atoms with E-state index in [2.05, 4.69) is 15.6 Å². The Balaban J connectivity index is 1.79. The van der Waals surface area contributed by atoms with Crippen molar-refractivity contribution in [2.75, 3.05) is 4.90 Å². The molecule has 2 amide bonds. The van der Waals surface area contributed by atoms with Crippen LogP contribution in [0.1, 0.15) is 56.3 Å². The van der Waals surface area contributed by atoms with Crippen LogP contribution in [-0.2, 0) is 16.1 Å². The van der Waals surface area contributed by atoms with Crippen LogP contribution in [0.25, 0.3) is 11.0 Å². The number of amides is 2. The van der Waals surface area contributed by atoms with E-state index in [0.717, 1.165) is 0 Å². The number of carbonyl (C=O) groups excluding carboxylic acids is 3. The molecule has 0 aliphatic carbocycles. The number of rotatable bonds is 9. The van der Waals surface area contributed by atoms with Crippen molar-refractivity contribution in [1.29, 1.82) is 0 Å². The summed E-state index contributed by atoms with van der Waals surface area (Å²) in [7, 11) is 0. The Labute approximate surface area is 209 Å². The van der Waals surface area contributed by atoms with E-state index in [1.165, 1.54) is 22.8 Å². The Hall–Kier alpha value is -4.27. The minimum Gasteiger partial charge on any atom is -0.467 e. The summed E-state index contributed by atoms with van der Waals surface area (Å²) in [4.78, 5) is 40.8. The van der Waals surface area contributed by atoms with Crippen LogP contribution in [0.5, 0.6) is 0 Å². The molecule has 0 saturated carbocycles. The van der Waals surface area contributed by atoms with Crippen molar-refractivity contribution in [2.24, 2.45) is 0 Å². The normalized spacial score (nSPS) is 12.3. The van der Waals surface area contributed by atoms with Crippen molar-refractivity contribution in [1.82, 2.24) is 20.3 Å². The number of nitrogens with one attached hydrogen (secondary N) is 1. The fraction of sp³-hybridized carbons (Fsp3) is 0.296. The molecule has 0 bridgehead atoms. The third-order valence-corrected chi connectivity index (χ3v) is 6.19. The minimum atomic E-state index is -1.09. The summed E-state index contributed by atoms with van der Waals surface area (Å²) in [6, 6.07) is 16.2. The molecule has 0 aliphatic heterocycles. The molecule has 2 aromatic heterocycles. The van der Waals surface area contributed by atoms with Gasteiger partial charge in [-0.15, -0.1) is 5.10 Å². The van der Waals surface area contributed by atoms with Gasteiger partial charge < -0.3 is 9.73 Å². The summed E-state index contributed by atoms with van der Waals surface area (Å²) < 4.78 is 7.14. The lowest BCUT2D eigenvalue weighted by Crippen LogP contribution is -2.51. The van der Waals surface area contributed by atoms with E-state index < -0.39 is 17.5 Å². The number of benzene rings is 2. The van der Waals surface area contributed by atoms with Gasteiger partial charge in [0.1, 0.15) is 17.8 Å². The maximum absolute atomic E-state index is 13.9. The molecule has 2 heterocycles. The van der Waals surface area contributed by atoms with Gasteiger partial charge in [0.15, 0.2) is 11.8 Å². The zero-order chi connectivity index (χ0) is 25.9. The van der Waals surface area contributed by atoms with Gasteiger partial charge in [0, 0.05) is 16.8 Å². The van der Waals surface area contributed by atoms with Crippen molar-refractivity contribution >= 4 is 34.3 Å². The average molecular weight is 488 g/mol. The minimum absolute atomic E-state index is 0.0986. The number of nitrogens with zero attached hydrogens (tertiary/aromatic N) is 4. The molecule has 1 atom stereocenters. The molecule has 0 fully saturated rings. The topological polar surface area (TPSA) is 110 Å². The van der Waals surface area contributed by atoms with Crippen molar-refractivity contribution in [3.8, 4) is 0 Å². The number of hydrogen-bond acceptors (Lipinski definition) is 6. The summed E-state index contributed by atoms with van der Waals surface area (Å²) in [5, 5.41) is 11.3. The second kappa shape index (κ2) is 10.2. The molecule has 0 unspecified atom stereocenters. The van der Waals surface area contributed by atoms with Crippen molar-refractivity contribution in [3.63, 3.8) is 0 Å². The van der Waals surface area contributed by atoms with Gasteiger partial charge in [-0.05, 0) is 75.7 Å². The van der Waals surface area contributed by atoms with Crippen molar-refractivity contribution in [3.05, 3.63) is 78.3 Å². The van der Waals surface area contributed by atoms with Crippen LogP contribution in [0.15, 0.2) is 71.3 Å². The maximum atomic E-state index is 13.9. The molecule has 9 nitrogen and oxygen atoms in total. The quantitative estimate of drug-likeness (QED) is 0.352. The largest absolute Gasteiger partial charge is 0.467 e. The summed E-state index contributed by atoms with van der Waals surface area (Å²) in [6.45, 7) is 7.12. The van der Waals surface area contributed by atoms with Crippen LogP contribution in [0.2, 0.25) is 0 Å². The van der Waals surface area contributed by atoms with E-state index in [1.54, 1.807) is 36.4 Å². The number of hydrogen-bond donors (Lipinski definition) is 1. The van der Waals surface area contributed by atoms with Gasteiger partial charge in [0.2, 0.25) is 5.91 Å². The van der Waals surface area contributed by atoms with Gasteiger partial charge in [0.05, 0.1) is 11.8 Å². The van der Waals surface area contributed by atoms with E-state index in [0.29, 0.717) is 34.5 Å². The molecule has 0 saturated heterocycles. The van der Waals surface area contributed by atoms with Crippen molar-refractivity contribution < 1.29 is 18.8 Å². The van der Waals surface area contributed by atoms with Crippen molar-refractivity contribution in [2.45, 2.75) is 52.2 Å². The zero-order valence-corrected chi connectivity index (χ0v) is 20.8. The molecule has 0 radical (unpaired) electrons. The van der Waals surface area contributed by atoms with E-state index >= 15 is 0 Å². The van der Waals surface area contributed by atoms with Crippen LogP contribution >= 0.6 is 0 Å². The molecule has 36 heavy (non-hydrogen) atoms. The van der Waals surface area contributed by atoms with Gasteiger partial charge >= 0.3 is 0 Å². The third kappa shape index (κ3) is 5.19. The lowest BCUT2D eigenvalue weighted by Gasteiger charge is -2.33. The Bertz CT molecular complexity index is 1370. The monoisotopic (exact) mass is 487 g/mol. The van der Waals surface area contributed by atoms with E-state index in [4.69, 9.17) is 4.42 Å². The zero-order valence-electron chi connectivity index (χ0n) is 20.8. The predicted molar refractivity (Wildman–Crippen MR) is 135 cm³/mol. The summed E-state index contributed by atoms with van der Waals surface area (Å²) >= 11 is 0. The van der Waals surface area contributed by atoms with Crippen LogP contribution in [0.4, 0.5) is 5.69 Å². The predicted octanol–water partition coefficient (Wildman–Crippen LogP) is 4.31. The highest BCUT2D eigenvalue weighted by atomic mass is 16.3. The van der Waals surface area contributed by atoms with Crippen LogP contribution in [-0.4, -0.2) is 38.1 Å². The lowest BCUT2D eigenvalue weighted by atomic mass is 10.0. The third-order valence-electron chi connectivity index (χ3n) is 6.19. The van der Waals surface area contributed by atoms with Gasteiger partial charge in [-0.1, -0.05) is 24.3 Å². The molecule has 4 rings (SSSR count). The lowest BCUT2D eigenvalue weighted by molar-refractivity contribution is -0.128. The summed E-state index contributed by atoms with van der Waals surface area (Å²) in [6.07, 6.45) is 2.16. The number of Topliss-reactive ketones (excluding diaryl/α,β-unsaturated/α-hetero) is 1. The number of aromatic nitrogens is 3. The first-order chi connectivity index (χ1) is 17.2. The summed E-state index contributed by atoms with van der Waals surface area (Å²) in [5.41, 5.74) is 1.80. The van der Waals surface area contributed by atoms with Gasteiger partial charge in [-0.25, -0.2) is 4.68 Å². The Morgan fingerprint density at radius 1 is 1.06 bits per heavy atom. The first kappa shape index (κ1) is 24.8. The van der Waals surface area contributed by atoms with E-state index in [-0.39, 0.29) is 18.2 Å². The highest BCUT2D eigenvalue weighted by molar-refractivity contribution is 6.02. The van der Waals surface area contributed by atoms with E-state index in [1.807, 2.05) is 45.0 Å². The Morgan fingerprint density at radius 3 is 2.42 bits per heavy atom. The van der Waals surface area contributed by atoms with Gasteiger partial charge in [-0.2, -0.15) is 0 Å². The highest BCUT2D eigenvalue weighted by Crippen LogP contribution is 2.30. The Kier molecular flexibility index (Phi) is 7.00. The molecular weight excluding hydrogens is 458 g/mol. The fourth-order valence-electron chi connectivity index (χ4n) is 3.84. The van der Waals surface area contributed by atoms with Crippen LogP contribution in [0.3, 0.4) is 0 Å². The molecule has 1 N–H and O–H groups in total. The number of para-hydroxylation sites is 1. The first-order valence-corrected chi connectivity index (χ1v) is 11.8. The Morgan fingerprint density at radius 2 is 1.78 bits per heavy atom.